The Labute approximate surface area is 77.6 Å². The summed E-state index contributed by atoms with van der Waals surface area (Å²) < 4.78 is 0. The lowest BCUT2D eigenvalue weighted by atomic mass is 10.1. The van der Waals surface area contributed by atoms with Gasteiger partial charge in [0.2, 0.25) is 11.6 Å². The zero-order chi connectivity index (χ0) is 10.3. The standard InChI is InChI=1S/C9H16O4/c1-2-3-4-5-7(11)9(13)8(12)6-10/h7,10-11H,2-6H2,1H3. The van der Waals surface area contributed by atoms with E-state index in [4.69, 9.17) is 10.2 Å². The van der Waals surface area contributed by atoms with Gasteiger partial charge in [-0.1, -0.05) is 26.2 Å². The van der Waals surface area contributed by atoms with Crippen molar-refractivity contribution < 1.29 is 19.8 Å². The van der Waals surface area contributed by atoms with Crippen LogP contribution in [0.3, 0.4) is 0 Å². The van der Waals surface area contributed by atoms with Gasteiger partial charge in [-0.05, 0) is 6.42 Å². The van der Waals surface area contributed by atoms with Crippen molar-refractivity contribution in [2.24, 2.45) is 0 Å². The van der Waals surface area contributed by atoms with E-state index in [9.17, 15) is 9.59 Å². The van der Waals surface area contributed by atoms with E-state index in [0.717, 1.165) is 19.3 Å². The van der Waals surface area contributed by atoms with Gasteiger partial charge in [-0.2, -0.15) is 0 Å². The van der Waals surface area contributed by atoms with Gasteiger partial charge in [-0.15, -0.1) is 0 Å². The molecule has 0 aromatic rings. The molecule has 0 rings (SSSR count). The van der Waals surface area contributed by atoms with Crippen LogP contribution in [0.25, 0.3) is 0 Å². The summed E-state index contributed by atoms with van der Waals surface area (Å²) in [5, 5.41) is 17.5. The molecular formula is C9H16O4. The van der Waals surface area contributed by atoms with E-state index in [2.05, 4.69) is 0 Å². The molecule has 0 aliphatic carbocycles. The van der Waals surface area contributed by atoms with E-state index < -0.39 is 24.3 Å². The predicted octanol–water partition coefficient (Wildman–Crippen LogP) is 0.0581. The summed E-state index contributed by atoms with van der Waals surface area (Å²) in [7, 11) is 0. The van der Waals surface area contributed by atoms with E-state index in [1.165, 1.54) is 0 Å². The van der Waals surface area contributed by atoms with Crippen LogP contribution >= 0.6 is 0 Å². The molecule has 4 heteroatoms. The molecule has 1 atom stereocenters. The summed E-state index contributed by atoms with van der Waals surface area (Å²) in [6.45, 7) is 1.19. The molecule has 1 unspecified atom stereocenters. The first-order valence-corrected chi connectivity index (χ1v) is 4.49. The van der Waals surface area contributed by atoms with Gasteiger partial charge in [0.05, 0.1) is 0 Å². The van der Waals surface area contributed by atoms with Crippen LogP contribution in [-0.4, -0.2) is 34.5 Å². The number of aliphatic hydroxyl groups excluding tert-OH is 2. The van der Waals surface area contributed by atoms with Crippen molar-refractivity contribution in [2.75, 3.05) is 6.61 Å². The summed E-state index contributed by atoms with van der Waals surface area (Å²) in [6.07, 6.45) is 1.72. The minimum absolute atomic E-state index is 0.304. The lowest BCUT2D eigenvalue weighted by Crippen LogP contribution is -2.30. The molecule has 0 radical (unpaired) electrons. The van der Waals surface area contributed by atoms with Crippen molar-refractivity contribution in [3.05, 3.63) is 0 Å². The molecule has 0 aliphatic heterocycles. The summed E-state index contributed by atoms with van der Waals surface area (Å²) >= 11 is 0. The summed E-state index contributed by atoms with van der Waals surface area (Å²) in [6, 6.07) is 0. The van der Waals surface area contributed by atoms with E-state index in [-0.39, 0.29) is 0 Å². The zero-order valence-electron chi connectivity index (χ0n) is 7.82. The average Bonchev–Trinajstić information content (AvgIpc) is 2.15. The number of hydrogen-bond acceptors (Lipinski definition) is 4. The van der Waals surface area contributed by atoms with Crippen LogP contribution in [0.15, 0.2) is 0 Å². The van der Waals surface area contributed by atoms with Crippen molar-refractivity contribution in [3.8, 4) is 0 Å². The van der Waals surface area contributed by atoms with Gasteiger partial charge < -0.3 is 10.2 Å². The molecule has 0 fully saturated rings. The van der Waals surface area contributed by atoms with E-state index in [0.29, 0.717) is 6.42 Å². The summed E-state index contributed by atoms with van der Waals surface area (Å²) in [5.74, 6) is -1.79. The van der Waals surface area contributed by atoms with Crippen LogP contribution < -0.4 is 0 Å². The minimum Gasteiger partial charge on any atom is -0.388 e. The van der Waals surface area contributed by atoms with Crippen molar-refractivity contribution in [1.29, 1.82) is 0 Å². The van der Waals surface area contributed by atoms with Crippen LogP contribution in [0.4, 0.5) is 0 Å². The maximum Gasteiger partial charge on any atom is 0.229 e. The summed E-state index contributed by atoms with van der Waals surface area (Å²) in [5.41, 5.74) is 0. The Bertz CT molecular complexity index is 176. The van der Waals surface area contributed by atoms with Crippen LogP contribution in [0.5, 0.6) is 0 Å². The first-order chi connectivity index (χ1) is 6.13. The maximum atomic E-state index is 10.9. The number of carbonyl (C=O) groups excluding carboxylic acids is 2. The second kappa shape index (κ2) is 6.74. The van der Waals surface area contributed by atoms with Crippen molar-refractivity contribution in [1.82, 2.24) is 0 Å². The van der Waals surface area contributed by atoms with Crippen molar-refractivity contribution in [2.45, 2.75) is 38.7 Å². The number of Topliss-reactive ketones (excluding diaryl/α,β-unsaturated/α-hetero) is 2. The highest BCUT2D eigenvalue weighted by Crippen LogP contribution is 2.04. The van der Waals surface area contributed by atoms with Gasteiger partial charge >= 0.3 is 0 Å². The van der Waals surface area contributed by atoms with Gasteiger partial charge in [0.25, 0.3) is 0 Å². The topological polar surface area (TPSA) is 74.6 Å². The highest BCUT2D eigenvalue weighted by molar-refractivity contribution is 6.39. The Morgan fingerprint density at radius 1 is 1.31 bits per heavy atom. The maximum absolute atomic E-state index is 10.9. The number of ketones is 2. The Morgan fingerprint density at radius 3 is 2.38 bits per heavy atom. The first-order valence-electron chi connectivity index (χ1n) is 4.49. The van der Waals surface area contributed by atoms with Crippen molar-refractivity contribution in [3.63, 3.8) is 0 Å². The van der Waals surface area contributed by atoms with Crippen molar-refractivity contribution >= 4 is 11.6 Å². The highest BCUT2D eigenvalue weighted by atomic mass is 16.3. The number of carbonyl (C=O) groups is 2. The molecule has 0 saturated carbocycles. The molecule has 2 N–H and O–H groups in total. The monoisotopic (exact) mass is 188 g/mol. The third-order valence-electron chi connectivity index (χ3n) is 1.80. The Morgan fingerprint density at radius 2 is 1.92 bits per heavy atom. The van der Waals surface area contributed by atoms with E-state index in [1.54, 1.807) is 0 Å². The number of rotatable bonds is 7. The van der Waals surface area contributed by atoms with Gasteiger partial charge in [0, 0.05) is 0 Å². The normalized spacial score (nSPS) is 12.5. The molecule has 0 bridgehead atoms. The molecule has 4 nitrogen and oxygen atoms in total. The molecule has 76 valence electrons. The quantitative estimate of drug-likeness (QED) is 0.437. The molecule has 0 amide bonds. The van der Waals surface area contributed by atoms with Crippen LogP contribution in [-0.2, 0) is 9.59 Å². The van der Waals surface area contributed by atoms with Gasteiger partial charge in [0.15, 0.2) is 0 Å². The summed E-state index contributed by atoms with van der Waals surface area (Å²) in [4.78, 5) is 21.5. The Kier molecular flexibility index (Phi) is 6.36. The van der Waals surface area contributed by atoms with Gasteiger partial charge in [0.1, 0.15) is 12.7 Å². The smallest absolute Gasteiger partial charge is 0.229 e. The SMILES string of the molecule is CCCCCC(O)C(=O)C(=O)CO. The Hall–Kier alpha value is -0.740. The fourth-order valence-electron chi connectivity index (χ4n) is 0.983. The predicted molar refractivity (Wildman–Crippen MR) is 47.2 cm³/mol. The molecule has 0 spiro atoms. The van der Waals surface area contributed by atoms with E-state index in [1.807, 2.05) is 6.92 Å². The fraction of sp³-hybridized carbons (Fsp3) is 0.778. The Balaban J connectivity index is 3.76. The molecule has 0 heterocycles. The largest absolute Gasteiger partial charge is 0.388 e. The third-order valence-corrected chi connectivity index (χ3v) is 1.80. The van der Waals surface area contributed by atoms with E-state index >= 15 is 0 Å². The van der Waals surface area contributed by atoms with Crippen LogP contribution in [0.1, 0.15) is 32.6 Å². The highest BCUT2D eigenvalue weighted by Gasteiger charge is 2.21. The molecule has 0 aromatic carbocycles. The van der Waals surface area contributed by atoms with Gasteiger partial charge in [-0.3, -0.25) is 9.59 Å². The molecule has 0 saturated heterocycles. The van der Waals surface area contributed by atoms with Gasteiger partial charge in [-0.25, -0.2) is 0 Å². The molecule has 0 aromatic heterocycles. The van der Waals surface area contributed by atoms with Crippen LogP contribution in [0.2, 0.25) is 0 Å². The van der Waals surface area contributed by atoms with Crippen LogP contribution in [0, 0.1) is 0 Å². The zero-order valence-corrected chi connectivity index (χ0v) is 7.82. The molecule has 0 aliphatic rings. The average molecular weight is 188 g/mol. The second-order valence-electron chi connectivity index (χ2n) is 2.96. The number of unbranched alkanes of at least 4 members (excludes halogenated alkanes) is 2. The minimum atomic E-state index is -1.23. The third kappa shape index (κ3) is 4.75. The fourth-order valence-corrected chi connectivity index (χ4v) is 0.983. The second-order valence-corrected chi connectivity index (χ2v) is 2.96. The lowest BCUT2D eigenvalue weighted by molar-refractivity contribution is -0.143. The lowest BCUT2D eigenvalue weighted by Gasteiger charge is -2.06. The number of aliphatic hydroxyl groups is 2. The number of hydrogen-bond donors (Lipinski definition) is 2. The molecular weight excluding hydrogens is 172 g/mol. The molecule has 13 heavy (non-hydrogen) atoms. The first kappa shape index (κ1) is 12.3.